The average molecular weight is 335 g/mol. The lowest BCUT2D eigenvalue weighted by molar-refractivity contribution is 0.352. The van der Waals surface area contributed by atoms with E-state index in [1.54, 1.807) is 5.56 Å². The first kappa shape index (κ1) is 17.9. The molecule has 0 saturated heterocycles. The molecule has 0 amide bonds. The predicted molar refractivity (Wildman–Crippen MR) is 108 cm³/mol. The molecule has 2 aromatic carbocycles. The lowest BCUT2D eigenvalue weighted by Gasteiger charge is -2.11. The average Bonchev–Trinajstić information content (AvgIpc) is 3.18. The maximum Gasteiger partial charge on any atom is 0.0646 e. The number of hydrogen-bond donors (Lipinski definition) is 0. The number of benzene rings is 2. The van der Waals surface area contributed by atoms with Gasteiger partial charge in [0.15, 0.2) is 0 Å². The maximum absolute atomic E-state index is 4.23. The van der Waals surface area contributed by atoms with E-state index in [9.17, 15) is 0 Å². The highest BCUT2D eigenvalue weighted by Gasteiger charge is 2.19. The number of hydrogen-bond acceptors (Lipinski definition) is 2. The predicted octanol–water partition coefficient (Wildman–Crippen LogP) is 5.50. The molecular formula is C23H30N2. The molecule has 2 heteroatoms. The Hall–Kier alpha value is -1.93. The monoisotopic (exact) mass is 334 g/mol. The smallest absolute Gasteiger partial charge is 0.0646 e. The molecule has 0 N–H and O–H groups in total. The summed E-state index contributed by atoms with van der Waals surface area (Å²) in [6, 6.07) is 13.3. The van der Waals surface area contributed by atoms with Crippen molar-refractivity contribution in [1.29, 1.82) is 0 Å². The number of aliphatic imine (C=N–C) groups is 1. The van der Waals surface area contributed by atoms with Crippen molar-refractivity contribution in [3.63, 3.8) is 0 Å². The third kappa shape index (κ3) is 4.01. The van der Waals surface area contributed by atoms with E-state index in [4.69, 9.17) is 0 Å². The van der Waals surface area contributed by atoms with Crippen LogP contribution in [0.3, 0.4) is 0 Å². The Bertz CT molecular complexity index is 772. The van der Waals surface area contributed by atoms with Crippen molar-refractivity contribution in [2.24, 2.45) is 4.99 Å². The Balaban J connectivity index is 0.000000146. The van der Waals surface area contributed by atoms with Crippen LogP contribution in [-0.2, 0) is 19.6 Å². The van der Waals surface area contributed by atoms with Gasteiger partial charge in [0.2, 0.25) is 0 Å². The Morgan fingerprint density at radius 3 is 2.44 bits per heavy atom. The molecule has 0 aliphatic carbocycles. The Morgan fingerprint density at radius 2 is 1.72 bits per heavy atom. The summed E-state index contributed by atoms with van der Waals surface area (Å²) in [5.41, 5.74) is 8.70. The van der Waals surface area contributed by atoms with Crippen molar-refractivity contribution >= 4 is 6.21 Å². The highest BCUT2D eigenvalue weighted by Crippen LogP contribution is 2.29. The van der Waals surface area contributed by atoms with E-state index in [-0.39, 0.29) is 0 Å². The van der Waals surface area contributed by atoms with Crippen LogP contribution in [0.4, 0.5) is 0 Å². The molecule has 2 nitrogen and oxygen atoms in total. The molecule has 2 aromatic rings. The molecule has 0 unspecified atom stereocenters. The second-order valence-corrected chi connectivity index (χ2v) is 7.89. The quantitative estimate of drug-likeness (QED) is 0.708. The van der Waals surface area contributed by atoms with E-state index < -0.39 is 0 Å². The highest BCUT2D eigenvalue weighted by molar-refractivity contribution is 5.84. The summed E-state index contributed by atoms with van der Waals surface area (Å²) >= 11 is 0. The zero-order chi connectivity index (χ0) is 18.0. The maximum atomic E-state index is 4.23. The van der Waals surface area contributed by atoms with Crippen molar-refractivity contribution < 1.29 is 0 Å². The summed E-state index contributed by atoms with van der Waals surface area (Å²) in [6.45, 7) is 12.1. The lowest BCUT2D eigenvalue weighted by atomic mass is 9.95. The van der Waals surface area contributed by atoms with E-state index in [0.717, 1.165) is 19.6 Å². The molecule has 0 aromatic heterocycles. The molecule has 25 heavy (non-hydrogen) atoms. The van der Waals surface area contributed by atoms with Crippen LogP contribution in [-0.4, -0.2) is 18.2 Å². The van der Waals surface area contributed by atoms with Crippen molar-refractivity contribution in [3.05, 3.63) is 69.8 Å². The molecule has 0 atom stereocenters. The number of rotatable bonds is 2. The number of fused-ring (bicyclic) bond motifs is 2. The van der Waals surface area contributed by atoms with E-state index in [1.165, 1.54) is 27.8 Å². The van der Waals surface area contributed by atoms with Crippen LogP contribution >= 0.6 is 0 Å². The van der Waals surface area contributed by atoms with Gasteiger partial charge in [-0.3, -0.25) is 9.89 Å². The van der Waals surface area contributed by atoms with Gasteiger partial charge in [-0.1, -0.05) is 64.1 Å². The third-order valence-corrected chi connectivity index (χ3v) is 5.13. The summed E-state index contributed by atoms with van der Waals surface area (Å²) in [7, 11) is 2.18. The van der Waals surface area contributed by atoms with Gasteiger partial charge in [-0.15, -0.1) is 0 Å². The van der Waals surface area contributed by atoms with Crippen LogP contribution in [0.2, 0.25) is 0 Å². The highest BCUT2D eigenvalue weighted by atomic mass is 15.1. The Morgan fingerprint density at radius 1 is 0.920 bits per heavy atom. The summed E-state index contributed by atoms with van der Waals surface area (Å²) in [4.78, 5) is 6.60. The summed E-state index contributed by atoms with van der Waals surface area (Å²) in [5, 5.41) is 0. The second kappa shape index (κ2) is 7.53. The van der Waals surface area contributed by atoms with Gasteiger partial charge in [-0.25, -0.2) is 0 Å². The van der Waals surface area contributed by atoms with E-state index in [1.807, 2.05) is 6.21 Å². The van der Waals surface area contributed by atoms with Gasteiger partial charge in [0.05, 0.1) is 6.54 Å². The van der Waals surface area contributed by atoms with E-state index in [2.05, 4.69) is 81.0 Å². The topological polar surface area (TPSA) is 15.6 Å². The minimum absolute atomic E-state index is 0.621. The molecule has 0 saturated carbocycles. The molecule has 2 aliphatic rings. The van der Waals surface area contributed by atoms with Crippen LogP contribution in [0, 0.1) is 0 Å². The fourth-order valence-corrected chi connectivity index (χ4v) is 3.64. The second-order valence-electron chi connectivity index (χ2n) is 7.89. The van der Waals surface area contributed by atoms with Gasteiger partial charge >= 0.3 is 0 Å². The van der Waals surface area contributed by atoms with Gasteiger partial charge in [0.25, 0.3) is 0 Å². The first-order valence-electron chi connectivity index (χ1n) is 9.37. The Kier molecular flexibility index (Phi) is 5.39. The third-order valence-electron chi connectivity index (χ3n) is 5.13. The molecule has 0 fully saturated rings. The molecule has 132 valence electrons. The van der Waals surface area contributed by atoms with Crippen molar-refractivity contribution in [1.82, 2.24) is 4.90 Å². The van der Waals surface area contributed by atoms with E-state index >= 15 is 0 Å². The summed E-state index contributed by atoms with van der Waals surface area (Å²) in [6.07, 6.45) is 1.96. The van der Waals surface area contributed by atoms with Crippen LogP contribution < -0.4 is 0 Å². The molecule has 2 aliphatic heterocycles. The normalized spacial score (nSPS) is 15.3. The molecule has 4 rings (SSSR count). The van der Waals surface area contributed by atoms with E-state index in [0.29, 0.717) is 11.8 Å². The molecular weight excluding hydrogens is 304 g/mol. The molecule has 0 bridgehead atoms. The fraction of sp³-hybridized carbons (Fsp3) is 0.435. The fourth-order valence-electron chi connectivity index (χ4n) is 3.64. The van der Waals surface area contributed by atoms with Gasteiger partial charge < -0.3 is 0 Å². The minimum Gasteiger partial charge on any atom is -0.298 e. The standard InChI is InChI=1S/C12H17N.C11H13N/c1-9(2)11-6-4-5-10-7-13(3)8-12(10)11;1-8(2)9-3-4-10-6-12-7-11(10)5-9/h4-6,9H,7-8H2,1-3H3;3-6,8H,7H2,1-2H3. The molecule has 0 spiro atoms. The van der Waals surface area contributed by atoms with Crippen LogP contribution in [0.25, 0.3) is 0 Å². The summed E-state index contributed by atoms with van der Waals surface area (Å²) < 4.78 is 0. The van der Waals surface area contributed by atoms with Crippen molar-refractivity contribution in [3.8, 4) is 0 Å². The van der Waals surface area contributed by atoms with Gasteiger partial charge in [0, 0.05) is 19.3 Å². The SMILES string of the molecule is CC(C)c1ccc2c(c1)CN=C2.CC(C)c1cccc2c1CN(C)C2. The number of nitrogens with zero attached hydrogens (tertiary/aromatic N) is 2. The zero-order valence-corrected chi connectivity index (χ0v) is 16.2. The van der Waals surface area contributed by atoms with Crippen molar-refractivity contribution in [2.45, 2.75) is 59.2 Å². The summed E-state index contributed by atoms with van der Waals surface area (Å²) in [5.74, 6) is 1.28. The largest absolute Gasteiger partial charge is 0.298 e. The van der Waals surface area contributed by atoms with Gasteiger partial charge in [-0.2, -0.15) is 0 Å². The zero-order valence-electron chi connectivity index (χ0n) is 16.2. The molecule has 2 heterocycles. The Labute approximate surface area is 152 Å². The van der Waals surface area contributed by atoms with Crippen LogP contribution in [0.1, 0.15) is 72.9 Å². The van der Waals surface area contributed by atoms with Gasteiger partial charge in [0.1, 0.15) is 0 Å². The van der Waals surface area contributed by atoms with Gasteiger partial charge in [-0.05, 0) is 52.3 Å². The first-order valence-corrected chi connectivity index (χ1v) is 9.37. The minimum atomic E-state index is 0.621. The first-order chi connectivity index (χ1) is 12.0. The lowest BCUT2D eigenvalue weighted by Crippen LogP contribution is -2.08. The van der Waals surface area contributed by atoms with Crippen LogP contribution in [0.5, 0.6) is 0 Å². The van der Waals surface area contributed by atoms with Crippen LogP contribution in [0.15, 0.2) is 41.4 Å². The molecule has 0 radical (unpaired) electrons. The van der Waals surface area contributed by atoms with Crippen molar-refractivity contribution in [2.75, 3.05) is 7.05 Å².